The number of guanidine groups is 1. The molecule has 0 saturated carbocycles. The average molecular weight is 383 g/mol. The van der Waals surface area contributed by atoms with Crippen LogP contribution in [0.15, 0.2) is 53.7 Å². The normalized spacial score (nSPS) is 12.8. The SMILES string of the molecule is CCNC(=NCc1cn2c(C)cccc2n1)NCC(C)Oc1ccccc1F. The molecule has 0 amide bonds. The van der Waals surface area contributed by atoms with E-state index in [1.54, 1.807) is 18.2 Å². The van der Waals surface area contributed by atoms with Crippen molar-refractivity contribution in [2.75, 3.05) is 13.1 Å². The third kappa shape index (κ3) is 5.00. The summed E-state index contributed by atoms with van der Waals surface area (Å²) in [5, 5.41) is 6.44. The van der Waals surface area contributed by atoms with E-state index in [9.17, 15) is 4.39 Å². The van der Waals surface area contributed by atoms with E-state index in [-0.39, 0.29) is 17.7 Å². The molecule has 1 atom stereocenters. The largest absolute Gasteiger partial charge is 0.486 e. The maximum atomic E-state index is 13.7. The van der Waals surface area contributed by atoms with Gasteiger partial charge in [0.1, 0.15) is 11.8 Å². The van der Waals surface area contributed by atoms with E-state index >= 15 is 0 Å². The van der Waals surface area contributed by atoms with Crippen molar-refractivity contribution in [3.8, 4) is 5.75 Å². The standard InChI is InChI=1S/C21H26FN5O/c1-4-23-21(24-12-16(3)28-19-10-6-5-9-18(19)22)25-13-17-14-27-15(2)8-7-11-20(27)26-17/h5-11,14,16H,4,12-13H2,1-3H3,(H2,23,24,25). The van der Waals surface area contributed by atoms with Crippen molar-refractivity contribution in [1.29, 1.82) is 0 Å². The summed E-state index contributed by atoms with van der Waals surface area (Å²) in [5.41, 5.74) is 2.93. The van der Waals surface area contributed by atoms with Crippen LogP contribution in [-0.2, 0) is 6.54 Å². The number of aliphatic imine (C=N–C) groups is 1. The molecule has 1 unspecified atom stereocenters. The molecule has 0 saturated heterocycles. The van der Waals surface area contributed by atoms with Gasteiger partial charge in [-0.25, -0.2) is 14.4 Å². The van der Waals surface area contributed by atoms with Crippen molar-refractivity contribution in [1.82, 2.24) is 20.0 Å². The minimum Gasteiger partial charge on any atom is -0.486 e. The lowest BCUT2D eigenvalue weighted by atomic mass is 10.3. The zero-order chi connectivity index (χ0) is 19.9. The highest BCUT2D eigenvalue weighted by molar-refractivity contribution is 5.79. The first-order valence-corrected chi connectivity index (χ1v) is 9.43. The number of nitrogens with zero attached hydrogens (tertiary/aromatic N) is 3. The predicted octanol–water partition coefficient (Wildman–Crippen LogP) is 3.30. The molecule has 28 heavy (non-hydrogen) atoms. The molecule has 0 spiro atoms. The summed E-state index contributed by atoms with van der Waals surface area (Å²) in [5.74, 6) is 0.552. The molecule has 0 aliphatic carbocycles. The van der Waals surface area contributed by atoms with Crippen LogP contribution < -0.4 is 15.4 Å². The molecule has 3 aromatic rings. The Kier molecular flexibility index (Phi) is 6.47. The van der Waals surface area contributed by atoms with Crippen LogP contribution in [0, 0.1) is 12.7 Å². The van der Waals surface area contributed by atoms with Crippen molar-refractivity contribution in [3.63, 3.8) is 0 Å². The molecule has 0 bridgehead atoms. The number of imidazole rings is 1. The lowest BCUT2D eigenvalue weighted by Crippen LogP contribution is -2.41. The molecule has 0 aliphatic rings. The Hall–Kier alpha value is -3.09. The van der Waals surface area contributed by atoms with Crippen LogP contribution in [0.25, 0.3) is 5.65 Å². The Morgan fingerprint density at radius 2 is 2.04 bits per heavy atom. The van der Waals surface area contributed by atoms with Crippen molar-refractivity contribution in [3.05, 3.63) is 65.9 Å². The second-order valence-electron chi connectivity index (χ2n) is 6.56. The fourth-order valence-corrected chi connectivity index (χ4v) is 2.82. The highest BCUT2D eigenvalue weighted by Crippen LogP contribution is 2.16. The average Bonchev–Trinajstić information content (AvgIpc) is 3.10. The summed E-state index contributed by atoms with van der Waals surface area (Å²) < 4.78 is 21.4. The van der Waals surface area contributed by atoms with Gasteiger partial charge in [0.25, 0.3) is 0 Å². The van der Waals surface area contributed by atoms with Crippen LogP contribution >= 0.6 is 0 Å². The number of rotatable bonds is 7. The van der Waals surface area contributed by atoms with Crippen LogP contribution in [0.5, 0.6) is 5.75 Å². The highest BCUT2D eigenvalue weighted by Gasteiger charge is 2.09. The van der Waals surface area contributed by atoms with E-state index in [0.717, 1.165) is 23.6 Å². The van der Waals surface area contributed by atoms with Gasteiger partial charge in [0.05, 0.1) is 18.8 Å². The van der Waals surface area contributed by atoms with Crippen LogP contribution in [0.2, 0.25) is 0 Å². The summed E-state index contributed by atoms with van der Waals surface area (Å²) in [6.07, 6.45) is 1.78. The topological polar surface area (TPSA) is 63.0 Å². The number of aromatic nitrogens is 2. The van der Waals surface area contributed by atoms with Crippen LogP contribution in [0.3, 0.4) is 0 Å². The van der Waals surface area contributed by atoms with Gasteiger partial charge in [-0.15, -0.1) is 0 Å². The van der Waals surface area contributed by atoms with E-state index in [0.29, 0.717) is 19.0 Å². The van der Waals surface area contributed by atoms with Crippen molar-refractivity contribution >= 4 is 11.6 Å². The summed E-state index contributed by atoms with van der Waals surface area (Å²) in [7, 11) is 0. The Bertz CT molecular complexity index is 953. The van der Waals surface area contributed by atoms with Gasteiger partial charge in [-0.3, -0.25) is 0 Å². The number of para-hydroxylation sites is 1. The van der Waals surface area contributed by atoms with Gasteiger partial charge < -0.3 is 19.8 Å². The third-order valence-corrected chi connectivity index (χ3v) is 4.21. The van der Waals surface area contributed by atoms with E-state index < -0.39 is 0 Å². The van der Waals surface area contributed by atoms with Crippen LogP contribution in [-0.4, -0.2) is 34.5 Å². The maximum Gasteiger partial charge on any atom is 0.191 e. The Morgan fingerprint density at radius 3 is 2.79 bits per heavy atom. The zero-order valence-corrected chi connectivity index (χ0v) is 16.4. The number of ether oxygens (including phenoxy) is 1. The molecule has 3 rings (SSSR count). The van der Waals surface area contributed by atoms with Gasteiger partial charge in [-0.05, 0) is 45.0 Å². The first-order valence-electron chi connectivity index (χ1n) is 9.43. The Morgan fingerprint density at radius 1 is 1.21 bits per heavy atom. The Balaban J connectivity index is 1.60. The summed E-state index contributed by atoms with van der Waals surface area (Å²) in [6.45, 7) is 7.62. The lowest BCUT2D eigenvalue weighted by Gasteiger charge is -2.17. The zero-order valence-electron chi connectivity index (χ0n) is 16.4. The first-order chi connectivity index (χ1) is 13.6. The highest BCUT2D eigenvalue weighted by atomic mass is 19.1. The molecule has 2 aromatic heterocycles. The minimum atomic E-state index is -0.364. The molecule has 148 valence electrons. The van der Waals surface area contributed by atoms with Crippen molar-refractivity contribution in [2.45, 2.75) is 33.4 Å². The van der Waals surface area contributed by atoms with Crippen LogP contribution in [0.1, 0.15) is 25.2 Å². The van der Waals surface area contributed by atoms with Gasteiger partial charge >= 0.3 is 0 Å². The van der Waals surface area contributed by atoms with Crippen molar-refractivity contribution < 1.29 is 9.13 Å². The molecular formula is C21H26FN5O. The molecule has 1 aromatic carbocycles. The summed E-state index contributed by atoms with van der Waals surface area (Å²) in [6, 6.07) is 12.4. The molecule has 0 fully saturated rings. The van der Waals surface area contributed by atoms with Gasteiger partial charge in [-0.1, -0.05) is 18.2 Å². The van der Waals surface area contributed by atoms with Crippen LogP contribution in [0.4, 0.5) is 4.39 Å². The number of aryl methyl sites for hydroxylation is 1. The molecular weight excluding hydrogens is 357 g/mol. The first kappa shape index (κ1) is 19.7. The monoisotopic (exact) mass is 383 g/mol. The van der Waals surface area contributed by atoms with E-state index in [1.807, 2.05) is 45.2 Å². The quantitative estimate of drug-likeness (QED) is 0.485. The number of hydrogen-bond donors (Lipinski definition) is 2. The van der Waals surface area contributed by atoms with E-state index in [4.69, 9.17) is 4.74 Å². The van der Waals surface area contributed by atoms with Gasteiger partial charge in [0, 0.05) is 18.4 Å². The fourth-order valence-electron chi connectivity index (χ4n) is 2.82. The minimum absolute atomic E-state index is 0.224. The molecule has 0 radical (unpaired) electrons. The smallest absolute Gasteiger partial charge is 0.191 e. The number of hydrogen-bond acceptors (Lipinski definition) is 3. The summed E-state index contributed by atoms with van der Waals surface area (Å²) in [4.78, 5) is 9.19. The fraction of sp³-hybridized carbons (Fsp3) is 0.333. The van der Waals surface area contributed by atoms with Crippen molar-refractivity contribution in [2.24, 2.45) is 4.99 Å². The second-order valence-corrected chi connectivity index (χ2v) is 6.56. The lowest BCUT2D eigenvalue weighted by molar-refractivity contribution is 0.214. The number of halogens is 1. The third-order valence-electron chi connectivity index (χ3n) is 4.21. The number of pyridine rings is 1. The second kappa shape index (κ2) is 9.21. The number of fused-ring (bicyclic) bond motifs is 1. The van der Waals surface area contributed by atoms with E-state index in [2.05, 4.69) is 25.0 Å². The van der Waals surface area contributed by atoms with E-state index in [1.165, 1.54) is 6.07 Å². The van der Waals surface area contributed by atoms with Gasteiger partial charge in [0.15, 0.2) is 17.5 Å². The molecule has 2 heterocycles. The summed E-state index contributed by atoms with van der Waals surface area (Å²) >= 11 is 0. The molecule has 7 heteroatoms. The maximum absolute atomic E-state index is 13.7. The molecule has 0 aliphatic heterocycles. The number of nitrogens with one attached hydrogen (secondary N) is 2. The van der Waals surface area contributed by atoms with Gasteiger partial charge in [-0.2, -0.15) is 0 Å². The molecule has 6 nitrogen and oxygen atoms in total. The molecule has 2 N–H and O–H groups in total. The van der Waals surface area contributed by atoms with Gasteiger partial charge in [0.2, 0.25) is 0 Å². The Labute approximate surface area is 164 Å². The predicted molar refractivity (Wildman–Crippen MR) is 109 cm³/mol. The number of benzene rings is 1.